The molecule has 1 aromatic rings. The molecule has 2 saturated heterocycles. The van der Waals surface area contributed by atoms with E-state index in [0.717, 1.165) is 31.5 Å². The van der Waals surface area contributed by atoms with Gasteiger partial charge in [0.25, 0.3) is 0 Å². The summed E-state index contributed by atoms with van der Waals surface area (Å²) in [7, 11) is 0. The van der Waals surface area contributed by atoms with Crippen molar-refractivity contribution in [1.29, 1.82) is 0 Å². The number of benzene rings is 1. The monoisotopic (exact) mass is 283 g/mol. The summed E-state index contributed by atoms with van der Waals surface area (Å²) in [6.07, 6.45) is 1.90. The number of piperidine rings is 1. The third kappa shape index (κ3) is 2.94. The van der Waals surface area contributed by atoms with Gasteiger partial charge in [-0.3, -0.25) is 0 Å². The predicted octanol–water partition coefficient (Wildman–Crippen LogP) is 2.41. The van der Waals surface area contributed by atoms with Crippen molar-refractivity contribution in [1.82, 2.24) is 5.32 Å². The zero-order chi connectivity index (χ0) is 14.0. The Morgan fingerprint density at radius 2 is 2.05 bits per heavy atom. The van der Waals surface area contributed by atoms with Crippen molar-refractivity contribution in [3.63, 3.8) is 0 Å². The van der Waals surface area contributed by atoms with E-state index in [1.807, 2.05) is 0 Å². The molecule has 3 rings (SSSR count). The van der Waals surface area contributed by atoms with Crippen LogP contribution < -0.4 is 10.1 Å². The fourth-order valence-corrected chi connectivity index (χ4v) is 2.72. The Hall–Kier alpha value is -1.20. The molecule has 20 heavy (non-hydrogen) atoms. The summed E-state index contributed by atoms with van der Waals surface area (Å²) in [6, 6.07) is 4.49. The van der Waals surface area contributed by atoms with Gasteiger partial charge in [0.15, 0.2) is 5.67 Å². The summed E-state index contributed by atoms with van der Waals surface area (Å²) in [5.41, 5.74) is -0.532. The largest absolute Gasteiger partial charge is 0.490 e. The van der Waals surface area contributed by atoms with Gasteiger partial charge in [0.1, 0.15) is 18.2 Å². The minimum absolute atomic E-state index is 0.0311. The van der Waals surface area contributed by atoms with Gasteiger partial charge in [-0.15, -0.1) is 0 Å². The Morgan fingerprint density at radius 1 is 1.30 bits per heavy atom. The van der Waals surface area contributed by atoms with Crippen molar-refractivity contribution in [2.24, 2.45) is 0 Å². The van der Waals surface area contributed by atoms with Gasteiger partial charge in [-0.25, -0.2) is 8.78 Å². The molecular formula is C15H19F2NO2. The molecule has 0 saturated carbocycles. The van der Waals surface area contributed by atoms with E-state index in [1.54, 1.807) is 6.07 Å². The maximum Gasteiger partial charge on any atom is 0.190 e. The van der Waals surface area contributed by atoms with Crippen LogP contribution in [0.1, 0.15) is 24.3 Å². The number of hydrogen-bond acceptors (Lipinski definition) is 3. The maximum atomic E-state index is 13.9. The van der Waals surface area contributed by atoms with E-state index in [4.69, 9.17) is 9.47 Å². The lowest BCUT2D eigenvalue weighted by Crippen LogP contribution is -2.50. The summed E-state index contributed by atoms with van der Waals surface area (Å²) in [5, 5.41) is 3.28. The second-order valence-corrected chi connectivity index (χ2v) is 5.64. The van der Waals surface area contributed by atoms with Gasteiger partial charge >= 0.3 is 0 Å². The second-order valence-electron chi connectivity index (χ2n) is 5.64. The fraction of sp³-hybridized carbons (Fsp3) is 0.600. The smallest absolute Gasteiger partial charge is 0.190 e. The van der Waals surface area contributed by atoms with Crippen molar-refractivity contribution in [3.8, 4) is 5.75 Å². The lowest BCUT2D eigenvalue weighted by molar-refractivity contribution is -0.146. The first-order valence-corrected chi connectivity index (χ1v) is 7.06. The highest BCUT2D eigenvalue weighted by molar-refractivity contribution is 5.37. The van der Waals surface area contributed by atoms with Crippen LogP contribution in [0.4, 0.5) is 8.78 Å². The van der Waals surface area contributed by atoms with Crippen LogP contribution in [0.3, 0.4) is 0 Å². The standard InChI is InChI=1S/C15H19F2NO2/c16-12-1-2-14(20-10-15(17)8-19-9-15)13(7-12)11-3-5-18-6-4-11/h1-2,7,11,18H,3-6,8-10H2. The fourth-order valence-electron chi connectivity index (χ4n) is 2.72. The maximum absolute atomic E-state index is 13.9. The van der Waals surface area contributed by atoms with Gasteiger partial charge in [-0.2, -0.15) is 0 Å². The average Bonchev–Trinajstić information content (AvgIpc) is 2.45. The van der Waals surface area contributed by atoms with Crippen LogP contribution in [0.15, 0.2) is 18.2 Å². The van der Waals surface area contributed by atoms with Crippen molar-refractivity contribution >= 4 is 0 Å². The highest BCUT2D eigenvalue weighted by atomic mass is 19.1. The molecule has 0 atom stereocenters. The minimum atomic E-state index is -1.39. The van der Waals surface area contributed by atoms with E-state index in [2.05, 4.69) is 5.32 Å². The number of halogens is 2. The summed E-state index contributed by atoms with van der Waals surface area (Å²) >= 11 is 0. The van der Waals surface area contributed by atoms with Crippen LogP contribution in [0.25, 0.3) is 0 Å². The van der Waals surface area contributed by atoms with E-state index in [9.17, 15) is 8.78 Å². The molecule has 0 unspecified atom stereocenters. The van der Waals surface area contributed by atoms with Crippen LogP contribution in [-0.4, -0.2) is 38.6 Å². The van der Waals surface area contributed by atoms with E-state index in [-0.39, 0.29) is 31.6 Å². The van der Waals surface area contributed by atoms with Gasteiger partial charge in [0, 0.05) is 5.56 Å². The molecule has 3 nitrogen and oxygen atoms in total. The van der Waals surface area contributed by atoms with Gasteiger partial charge in [-0.1, -0.05) is 0 Å². The first kappa shape index (κ1) is 13.8. The van der Waals surface area contributed by atoms with Crippen molar-refractivity contribution in [2.45, 2.75) is 24.4 Å². The second kappa shape index (κ2) is 5.66. The molecule has 110 valence electrons. The van der Waals surface area contributed by atoms with Crippen LogP contribution >= 0.6 is 0 Å². The summed E-state index contributed by atoms with van der Waals surface area (Å²) in [4.78, 5) is 0. The minimum Gasteiger partial charge on any atom is -0.490 e. The van der Waals surface area contributed by atoms with Crippen molar-refractivity contribution in [2.75, 3.05) is 32.9 Å². The number of ether oxygens (including phenoxy) is 2. The Kier molecular flexibility index (Phi) is 3.89. The van der Waals surface area contributed by atoms with E-state index < -0.39 is 5.67 Å². The number of alkyl halides is 1. The molecule has 2 aliphatic rings. The Labute approximate surface area is 117 Å². The van der Waals surface area contributed by atoms with Crippen molar-refractivity contribution in [3.05, 3.63) is 29.6 Å². The zero-order valence-corrected chi connectivity index (χ0v) is 11.3. The molecule has 2 aliphatic heterocycles. The third-order valence-corrected chi connectivity index (χ3v) is 3.96. The molecule has 1 aromatic carbocycles. The number of rotatable bonds is 4. The molecule has 5 heteroatoms. The zero-order valence-electron chi connectivity index (χ0n) is 11.3. The average molecular weight is 283 g/mol. The lowest BCUT2D eigenvalue weighted by atomic mass is 9.89. The molecule has 0 amide bonds. The molecule has 2 fully saturated rings. The van der Waals surface area contributed by atoms with Crippen molar-refractivity contribution < 1.29 is 18.3 Å². The van der Waals surface area contributed by atoms with E-state index >= 15 is 0 Å². The highest BCUT2D eigenvalue weighted by Crippen LogP contribution is 2.34. The van der Waals surface area contributed by atoms with Crippen LogP contribution in [0, 0.1) is 5.82 Å². The molecule has 0 aromatic heterocycles. The topological polar surface area (TPSA) is 30.5 Å². The normalized spacial score (nSPS) is 22.3. The quantitative estimate of drug-likeness (QED) is 0.920. The molecule has 0 spiro atoms. The van der Waals surface area contributed by atoms with Gasteiger partial charge in [-0.05, 0) is 50.0 Å². The number of nitrogens with one attached hydrogen (secondary N) is 1. The van der Waals surface area contributed by atoms with Crippen LogP contribution in [0.2, 0.25) is 0 Å². The molecular weight excluding hydrogens is 264 g/mol. The first-order valence-electron chi connectivity index (χ1n) is 7.06. The van der Waals surface area contributed by atoms with Gasteiger partial charge in [0.2, 0.25) is 0 Å². The SMILES string of the molecule is Fc1ccc(OCC2(F)COC2)c(C2CCNCC2)c1. The Balaban J connectivity index is 1.74. The number of hydrogen-bond donors (Lipinski definition) is 1. The Morgan fingerprint density at radius 3 is 2.70 bits per heavy atom. The molecule has 0 aliphatic carbocycles. The first-order chi connectivity index (χ1) is 9.66. The molecule has 0 bridgehead atoms. The molecule has 2 heterocycles. The van der Waals surface area contributed by atoms with Gasteiger partial charge < -0.3 is 14.8 Å². The van der Waals surface area contributed by atoms with E-state index in [0.29, 0.717) is 5.75 Å². The summed E-state index contributed by atoms with van der Waals surface area (Å²) in [5.74, 6) is 0.602. The highest BCUT2D eigenvalue weighted by Gasteiger charge is 2.40. The van der Waals surface area contributed by atoms with Crippen LogP contribution in [-0.2, 0) is 4.74 Å². The van der Waals surface area contributed by atoms with E-state index in [1.165, 1.54) is 12.1 Å². The molecule has 0 radical (unpaired) electrons. The van der Waals surface area contributed by atoms with Gasteiger partial charge in [0.05, 0.1) is 13.2 Å². The Bertz CT molecular complexity index is 471. The predicted molar refractivity (Wildman–Crippen MR) is 71.4 cm³/mol. The van der Waals surface area contributed by atoms with Crippen LogP contribution in [0.5, 0.6) is 5.75 Å². The molecule has 1 N–H and O–H groups in total. The summed E-state index contributed by atoms with van der Waals surface area (Å²) < 4.78 is 37.9. The summed E-state index contributed by atoms with van der Waals surface area (Å²) in [6.45, 7) is 1.97. The third-order valence-electron chi connectivity index (χ3n) is 3.96. The lowest BCUT2D eigenvalue weighted by Gasteiger charge is -2.34.